The van der Waals surface area contributed by atoms with Gasteiger partial charge in [0.15, 0.2) is 6.29 Å². The number of aliphatic hydroxyl groups is 5. The summed E-state index contributed by atoms with van der Waals surface area (Å²) >= 11 is 0. The Bertz CT molecular complexity index is 1550. The van der Waals surface area contributed by atoms with Gasteiger partial charge in [-0.25, -0.2) is 0 Å². The lowest BCUT2D eigenvalue weighted by Crippen LogP contribution is -2.60. The fourth-order valence-electron chi connectivity index (χ4n) is 11.5. The van der Waals surface area contributed by atoms with Crippen molar-refractivity contribution in [3.05, 3.63) is 48.6 Å². The summed E-state index contributed by atoms with van der Waals surface area (Å²) in [5.74, 6) is -0.180. The van der Waals surface area contributed by atoms with E-state index in [2.05, 4.69) is 55.6 Å². The van der Waals surface area contributed by atoms with Gasteiger partial charge in [0.25, 0.3) is 0 Å². The first kappa shape index (κ1) is 80.6. The lowest BCUT2D eigenvalue weighted by molar-refractivity contribution is -0.302. The topological polar surface area (TPSA) is 175 Å². The number of unbranched alkanes of at least 4 members (excludes halogenated alkanes) is 44. The summed E-state index contributed by atoms with van der Waals surface area (Å²) in [5.41, 5.74) is 0. The number of rotatable bonds is 64. The Morgan fingerprint density at radius 2 is 0.800 bits per heavy atom. The second kappa shape index (κ2) is 63.2. The number of esters is 1. The molecule has 7 unspecified atom stereocenters. The summed E-state index contributed by atoms with van der Waals surface area (Å²) in [4.78, 5) is 25.1. The number of ether oxygens (including phenoxy) is 3. The first-order chi connectivity index (χ1) is 41.7. The van der Waals surface area contributed by atoms with Crippen LogP contribution in [-0.4, -0.2) is 100 Å². The van der Waals surface area contributed by atoms with Gasteiger partial charge in [0.1, 0.15) is 24.4 Å². The van der Waals surface area contributed by atoms with E-state index in [4.69, 9.17) is 14.2 Å². The van der Waals surface area contributed by atoms with Crippen LogP contribution in [0, 0.1) is 0 Å². The second-order valence-electron chi connectivity index (χ2n) is 25.2. The van der Waals surface area contributed by atoms with E-state index in [1.807, 2.05) is 6.08 Å². The molecule has 6 N–H and O–H groups in total. The van der Waals surface area contributed by atoms with Crippen LogP contribution in [-0.2, 0) is 23.8 Å². The van der Waals surface area contributed by atoms with Crippen molar-refractivity contribution in [1.29, 1.82) is 0 Å². The highest BCUT2D eigenvalue weighted by Crippen LogP contribution is 2.23. The van der Waals surface area contributed by atoms with E-state index in [0.717, 1.165) is 64.2 Å². The molecule has 7 atom stereocenters. The third kappa shape index (κ3) is 52.1. The molecule has 0 aromatic carbocycles. The Hall–Kier alpha value is -2.38. The Morgan fingerprint density at radius 1 is 0.435 bits per heavy atom. The summed E-state index contributed by atoms with van der Waals surface area (Å²) in [7, 11) is 0. The molecule has 0 aliphatic carbocycles. The fraction of sp³-hybridized carbons (Fsp3) is 0.865. The van der Waals surface area contributed by atoms with Crippen molar-refractivity contribution in [2.24, 2.45) is 0 Å². The van der Waals surface area contributed by atoms with Crippen LogP contribution >= 0.6 is 0 Å². The highest BCUT2D eigenvalue weighted by molar-refractivity contribution is 5.76. The number of hydrogen-bond acceptors (Lipinski definition) is 10. The van der Waals surface area contributed by atoms with E-state index in [9.17, 15) is 35.1 Å². The Balaban J connectivity index is 1.90. The molecule has 1 rings (SSSR count). The molecule has 1 heterocycles. The van der Waals surface area contributed by atoms with Gasteiger partial charge < -0.3 is 45.1 Å². The summed E-state index contributed by atoms with van der Waals surface area (Å²) < 4.78 is 16.7. The molecule has 85 heavy (non-hydrogen) atoms. The standard InChI is InChI=1S/C74H137NO10/c1-3-5-7-9-11-13-15-42-46-50-54-58-62-70(79)83-63-59-55-51-47-43-40-38-36-34-32-30-28-26-24-22-20-18-16-17-19-21-23-25-27-29-31-33-35-37-39-41-45-49-53-57-61-69(78)75-66(65-84-74-73(82)72(81)71(80)68(64-76)85-74)67(77)60-56-52-48-44-14-12-10-8-6-4-2/h6,8,14,18,20,44,56,60,66-68,71-74,76-77,80-82H,3-5,7,9-13,15-17,19,21-43,45-55,57-59,61-65H2,1-2H3,(H,75,78)/b8-6+,20-18-,44-14+,60-56+. The number of allylic oxidation sites excluding steroid dienone is 7. The maximum atomic E-state index is 13.0. The van der Waals surface area contributed by atoms with Gasteiger partial charge in [0.05, 0.1) is 32.0 Å². The van der Waals surface area contributed by atoms with Crippen molar-refractivity contribution in [3.63, 3.8) is 0 Å². The lowest BCUT2D eigenvalue weighted by Gasteiger charge is -2.40. The second-order valence-corrected chi connectivity index (χ2v) is 25.2. The number of hydrogen-bond donors (Lipinski definition) is 6. The summed E-state index contributed by atoms with van der Waals surface area (Å²) in [6.07, 6.45) is 72.9. The molecule has 1 fully saturated rings. The predicted octanol–water partition coefficient (Wildman–Crippen LogP) is 18.7. The van der Waals surface area contributed by atoms with Crippen LogP contribution in [0.15, 0.2) is 48.6 Å². The number of amides is 1. The summed E-state index contributed by atoms with van der Waals surface area (Å²) in [6, 6.07) is -0.831. The van der Waals surface area contributed by atoms with Crippen molar-refractivity contribution in [3.8, 4) is 0 Å². The van der Waals surface area contributed by atoms with E-state index in [-0.39, 0.29) is 18.5 Å². The van der Waals surface area contributed by atoms with Crippen LogP contribution in [0.25, 0.3) is 0 Å². The lowest BCUT2D eigenvalue weighted by atomic mass is 9.99. The highest BCUT2D eigenvalue weighted by atomic mass is 16.7. The Morgan fingerprint density at radius 3 is 1.22 bits per heavy atom. The monoisotopic (exact) mass is 1200 g/mol. The highest BCUT2D eigenvalue weighted by Gasteiger charge is 2.44. The van der Waals surface area contributed by atoms with Gasteiger partial charge >= 0.3 is 5.97 Å². The maximum Gasteiger partial charge on any atom is 0.305 e. The minimum Gasteiger partial charge on any atom is -0.466 e. The minimum absolute atomic E-state index is 0.0140. The van der Waals surface area contributed by atoms with Crippen LogP contribution in [0.4, 0.5) is 0 Å². The van der Waals surface area contributed by atoms with Crippen molar-refractivity contribution in [1.82, 2.24) is 5.32 Å². The van der Waals surface area contributed by atoms with Gasteiger partial charge in [-0.3, -0.25) is 9.59 Å². The molecule has 1 amide bonds. The fourth-order valence-corrected chi connectivity index (χ4v) is 11.5. The van der Waals surface area contributed by atoms with Crippen LogP contribution < -0.4 is 5.32 Å². The molecule has 0 aromatic rings. The minimum atomic E-state index is -1.58. The van der Waals surface area contributed by atoms with Crippen LogP contribution in [0.1, 0.15) is 348 Å². The molecule has 0 bridgehead atoms. The Labute approximate surface area is 523 Å². The average Bonchev–Trinajstić information content (AvgIpc) is 3.31. The first-order valence-electron chi connectivity index (χ1n) is 36.4. The van der Waals surface area contributed by atoms with E-state index >= 15 is 0 Å². The zero-order valence-electron chi connectivity index (χ0n) is 55.3. The SMILES string of the molecule is CC/C=C/CC/C=C/CC/C=C/C(O)C(COC1OC(CO)C(O)C(O)C1O)NC(=O)CCCCCCCCCCCCCCCCCCC/C=C\CCCCCCCCCCCCCCCCOC(=O)CCCCCCCCCCCCCC. The van der Waals surface area contributed by atoms with Crippen molar-refractivity contribution < 1.29 is 49.3 Å². The van der Waals surface area contributed by atoms with Gasteiger partial charge in [-0.15, -0.1) is 0 Å². The summed E-state index contributed by atoms with van der Waals surface area (Å²) in [6.45, 7) is 4.23. The molecule has 0 spiro atoms. The summed E-state index contributed by atoms with van der Waals surface area (Å²) in [5, 5.41) is 54.3. The van der Waals surface area contributed by atoms with Crippen LogP contribution in [0.2, 0.25) is 0 Å². The molecule has 1 aliphatic rings. The number of nitrogens with one attached hydrogen (secondary N) is 1. The van der Waals surface area contributed by atoms with Crippen LogP contribution in [0.3, 0.4) is 0 Å². The van der Waals surface area contributed by atoms with Gasteiger partial charge in [-0.05, 0) is 77.0 Å². The number of aliphatic hydroxyl groups excluding tert-OH is 5. The molecule has 498 valence electrons. The number of carbonyl (C=O) groups excluding carboxylic acids is 2. The molecular formula is C74H137NO10. The van der Waals surface area contributed by atoms with E-state index in [1.165, 1.54) is 257 Å². The number of carbonyl (C=O) groups is 2. The maximum absolute atomic E-state index is 13.0. The molecule has 0 aromatic heterocycles. The molecule has 1 saturated heterocycles. The van der Waals surface area contributed by atoms with E-state index < -0.39 is 49.5 Å². The average molecular weight is 1200 g/mol. The van der Waals surface area contributed by atoms with Gasteiger partial charge in [-0.2, -0.15) is 0 Å². The smallest absolute Gasteiger partial charge is 0.305 e. The third-order valence-corrected chi connectivity index (χ3v) is 17.2. The quantitative estimate of drug-likeness (QED) is 0.0195. The molecule has 1 aliphatic heterocycles. The molecule has 0 saturated carbocycles. The zero-order valence-corrected chi connectivity index (χ0v) is 55.3. The molecule has 11 nitrogen and oxygen atoms in total. The van der Waals surface area contributed by atoms with Gasteiger partial charge in [-0.1, -0.05) is 306 Å². The molecular weight excluding hydrogens is 1060 g/mol. The van der Waals surface area contributed by atoms with E-state index in [0.29, 0.717) is 19.4 Å². The van der Waals surface area contributed by atoms with Crippen molar-refractivity contribution in [2.45, 2.75) is 391 Å². The van der Waals surface area contributed by atoms with Gasteiger partial charge in [0.2, 0.25) is 5.91 Å². The first-order valence-corrected chi connectivity index (χ1v) is 36.4. The Kier molecular flexibility index (Phi) is 60.0. The largest absolute Gasteiger partial charge is 0.466 e. The zero-order chi connectivity index (χ0) is 61.6. The third-order valence-electron chi connectivity index (χ3n) is 17.2. The van der Waals surface area contributed by atoms with Crippen molar-refractivity contribution >= 4 is 11.9 Å². The normalized spacial score (nSPS) is 18.2. The predicted molar refractivity (Wildman–Crippen MR) is 357 cm³/mol. The molecule has 11 heteroatoms. The van der Waals surface area contributed by atoms with Gasteiger partial charge in [0, 0.05) is 12.8 Å². The van der Waals surface area contributed by atoms with Crippen LogP contribution in [0.5, 0.6) is 0 Å². The molecule has 0 radical (unpaired) electrons. The van der Waals surface area contributed by atoms with E-state index in [1.54, 1.807) is 6.08 Å². The van der Waals surface area contributed by atoms with Crippen molar-refractivity contribution in [2.75, 3.05) is 19.8 Å².